The number of aryl methyl sites for hydroxylation is 1. The second-order valence-corrected chi connectivity index (χ2v) is 9.04. The molecule has 2 N–H and O–H groups in total. The average molecular weight is 491 g/mol. The molecule has 34 heavy (non-hydrogen) atoms. The van der Waals surface area contributed by atoms with E-state index in [1.54, 1.807) is 31.2 Å². The predicted octanol–water partition coefficient (Wildman–Crippen LogP) is 2.43. The lowest BCUT2D eigenvalue weighted by atomic mass is 10.1. The van der Waals surface area contributed by atoms with Crippen molar-refractivity contribution in [3.8, 4) is 17.2 Å². The number of aromatic nitrogens is 1. The number of carbonyl (C=O) groups excluding carboxylic acids is 1. The molecule has 1 aromatic carbocycles. The summed E-state index contributed by atoms with van der Waals surface area (Å²) in [5.41, 5.74) is 1.22. The van der Waals surface area contributed by atoms with Gasteiger partial charge in [0.1, 0.15) is 18.5 Å². The van der Waals surface area contributed by atoms with E-state index in [0.717, 1.165) is 25.9 Å². The van der Waals surface area contributed by atoms with E-state index in [4.69, 9.17) is 14.0 Å². The average Bonchev–Trinajstić information content (AvgIpc) is 2.82. The largest absolute Gasteiger partial charge is 0.575 e. The monoisotopic (exact) mass is 491 g/mol. The number of benzene rings is 1. The quantitative estimate of drug-likeness (QED) is 0.400. The van der Waals surface area contributed by atoms with Gasteiger partial charge < -0.3 is 29.5 Å². The summed E-state index contributed by atoms with van der Waals surface area (Å²) in [4.78, 5) is 31.1. The first kappa shape index (κ1) is 25.8. The van der Waals surface area contributed by atoms with Gasteiger partial charge in [0.05, 0.1) is 12.3 Å². The first-order valence-corrected chi connectivity index (χ1v) is 12.2. The molecule has 1 aliphatic heterocycles. The summed E-state index contributed by atoms with van der Waals surface area (Å²) < 4.78 is 20.6. The maximum absolute atomic E-state index is 12.5. The highest BCUT2D eigenvalue weighted by Gasteiger charge is 2.25. The third-order valence-electron chi connectivity index (χ3n) is 5.55. The van der Waals surface area contributed by atoms with E-state index >= 15 is 0 Å². The Labute approximate surface area is 199 Å². The predicted molar refractivity (Wildman–Crippen MR) is 123 cm³/mol. The van der Waals surface area contributed by atoms with Gasteiger partial charge in [-0.3, -0.25) is 9.51 Å². The third kappa shape index (κ3) is 6.87. The van der Waals surface area contributed by atoms with Crippen LogP contribution in [0.1, 0.15) is 36.6 Å². The van der Waals surface area contributed by atoms with Crippen molar-refractivity contribution in [2.45, 2.75) is 52.0 Å². The Morgan fingerprint density at radius 2 is 2.00 bits per heavy atom. The number of para-hydroxylation sites is 2. The zero-order valence-corrected chi connectivity index (χ0v) is 20.4. The van der Waals surface area contributed by atoms with Gasteiger partial charge in [-0.05, 0) is 45.9 Å². The molecule has 2 heterocycles. The minimum atomic E-state index is -2.57. The number of aliphatic hydroxyl groups is 1. The summed E-state index contributed by atoms with van der Waals surface area (Å²) in [6, 6.07) is 5.64. The normalized spacial score (nSPS) is 16.2. The van der Waals surface area contributed by atoms with Gasteiger partial charge in [-0.25, -0.2) is 4.79 Å². The molecule has 10 nitrogen and oxygen atoms in total. The van der Waals surface area contributed by atoms with Gasteiger partial charge in [0.2, 0.25) is 5.75 Å². The van der Waals surface area contributed by atoms with Crippen LogP contribution in [-0.4, -0.2) is 58.3 Å². The fraction of sp³-hybridized carbons (Fsp3) is 0.478. The summed E-state index contributed by atoms with van der Waals surface area (Å²) in [6.07, 6.45) is 2.87. The van der Waals surface area contributed by atoms with Crippen LogP contribution in [0.5, 0.6) is 17.2 Å². The summed E-state index contributed by atoms with van der Waals surface area (Å²) in [7, 11) is -0.545. The maximum Gasteiger partial charge on any atom is 0.395 e. The van der Waals surface area contributed by atoms with Crippen LogP contribution in [0.3, 0.4) is 0 Å². The Morgan fingerprint density at radius 1 is 1.32 bits per heavy atom. The molecule has 0 saturated carbocycles. The molecule has 0 radical (unpaired) electrons. The number of aliphatic hydroxyl groups excluding tert-OH is 1. The molecule has 2 atom stereocenters. The molecule has 1 saturated heterocycles. The lowest BCUT2D eigenvalue weighted by Crippen LogP contribution is -2.36. The number of likely N-dealkylation sites (tertiary alicyclic amines) is 1. The smallest absolute Gasteiger partial charge is 0.395 e. The molecule has 0 spiro atoms. The van der Waals surface area contributed by atoms with Gasteiger partial charge in [-0.1, -0.05) is 16.9 Å². The van der Waals surface area contributed by atoms with E-state index < -0.39 is 20.2 Å². The fourth-order valence-corrected chi connectivity index (χ4v) is 4.19. The molecule has 11 heteroatoms. The number of hydrogen-bond acceptors (Lipinski definition) is 10. The van der Waals surface area contributed by atoms with E-state index in [1.807, 2.05) is 7.05 Å². The minimum Gasteiger partial charge on any atom is -0.575 e. The zero-order valence-electron chi connectivity index (χ0n) is 19.5. The van der Waals surface area contributed by atoms with Crippen LogP contribution >= 0.6 is 8.17 Å². The van der Waals surface area contributed by atoms with Gasteiger partial charge in [0, 0.05) is 30.4 Å². The number of rotatable bonds is 9. The maximum atomic E-state index is 12.5. The van der Waals surface area contributed by atoms with Gasteiger partial charge in [0.15, 0.2) is 11.8 Å². The van der Waals surface area contributed by atoms with Crippen LogP contribution in [0, 0.1) is 6.92 Å². The van der Waals surface area contributed by atoms with Crippen molar-refractivity contribution in [1.29, 1.82) is 0 Å². The lowest BCUT2D eigenvalue weighted by molar-refractivity contribution is -0.170. The molecule has 1 unspecified atom stereocenters. The Kier molecular flexibility index (Phi) is 9.18. The van der Waals surface area contributed by atoms with Crippen molar-refractivity contribution >= 4 is 14.1 Å². The number of pyridine rings is 1. The van der Waals surface area contributed by atoms with E-state index in [1.165, 1.54) is 13.1 Å². The zero-order chi connectivity index (χ0) is 24.7. The molecule has 1 aliphatic rings. The minimum absolute atomic E-state index is 0.00959. The summed E-state index contributed by atoms with van der Waals surface area (Å²) in [5.74, 6) is -0.157. The molecule has 184 valence electrons. The Morgan fingerprint density at radius 3 is 2.68 bits per heavy atom. The molecule has 3 rings (SSSR count). The molecular weight excluding hydrogens is 461 g/mol. The van der Waals surface area contributed by atoms with Gasteiger partial charge >= 0.3 is 14.1 Å². The standard InChI is InChI=1S/C23H30N3O7P/c1-15-22(28)19(13-27)17(12-24-15)14-31-20-6-4-5-7-21(20)33-34(30)25-16(2)23(29)32-18-8-10-26(3)11-9-18/h4-7,12,16,18,27-28H,8-11,13-14H2,1-3H3/t16-/m0/s1. The molecule has 0 bridgehead atoms. The van der Waals surface area contributed by atoms with Crippen molar-refractivity contribution in [1.82, 2.24) is 9.88 Å². The molecule has 1 fully saturated rings. The van der Waals surface area contributed by atoms with E-state index in [0.29, 0.717) is 16.8 Å². The molecule has 0 aliphatic carbocycles. The van der Waals surface area contributed by atoms with Gasteiger partial charge in [-0.2, -0.15) is 0 Å². The first-order chi connectivity index (χ1) is 16.3. The Balaban J connectivity index is 1.62. The van der Waals surface area contributed by atoms with E-state index in [2.05, 4.69) is 14.6 Å². The van der Waals surface area contributed by atoms with Crippen molar-refractivity contribution in [2.24, 2.45) is 4.74 Å². The Hall–Kier alpha value is -2.78. The lowest BCUT2D eigenvalue weighted by Gasteiger charge is -2.28. The molecule has 0 amide bonds. The topological polar surface area (TPSA) is 137 Å². The van der Waals surface area contributed by atoms with Crippen LogP contribution in [0.2, 0.25) is 0 Å². The highest BCUT2D eigenvalue weighted by Crippen LogP contribution is 2.34. The SMILES string of the molecule is Cc1ncc(COc2ccccc2O[P+]([O-])=N[C@@H](C)C(=O)OC2CCN(C)CC2)c(CO)c1O. The number of carbonyl (C=O) groups is 1. The number of hydrogen-bond donors (Lipinski definition) is 2. The molecule has 1 aromatic heterocycles. The Bertz CT molecular complexity index is 1030. The summed E-state index contributed by atoms with van der Waals surface area (Å²) >= 11 is 0. The summed E-state index contributed by atoms with van der Waals surface area (Å²) in [5, 5.41) is 19.7. The number of esters is 1. The van der Waals surface area contributed by atoms with Crippen LogP contribution in [0.4, 0.5) is 0 Å². The molecular formula is C23H30N3O7P. The number of nitrogens with zero attached hydrogens (tertiary/aromatic N) is 3. The molecule has 2 aromatic rings. The first-order valence-electron chi connectivity index (χ1n) is 11.0. The second kappa shape index (κ2) is 12.1. The highest BCUT2D eigenvalue weighted by atomic mass is 31.1. The van der Waals surface area contributed by atoms with Gasteiger partial charge in [0.25, 0.3) is 0 Å². The van der Waals surface area contributed by atoms with E-state index in [-0.39, 0.29) is 36.6 Å². The second-order valence-electron chi connectivity index (χ2n) is 8.15. The van der Waals surface area contributed by atoms with Crippen molar-refractivity contribution in [2.75, 3.05) is 20.1 Å². The van der Waals surface area contributed by atoms with Crippen LogP contribution in [0.25, 0.3) is 0 Å². The van der Waals surface area contributed by atoms with Crippen molar-refractivity contribution in [3.63, 3.8) is 0 Å². The fourth-order valence-electron chi connectivity index (χ4n) is 3.45. The van der Waals surface area contributed by atoms with E-state index in [9.17, 15) is 19.9 Å². The number of aromatic hydroxyl groups is 1. The van der Waals surface area contributed by atoms with Gasteiger partial charge in [-0.15, -0.1) is 0 Å². The van der Waals surface area contributed by atoms with Crippen molar-refractivity contribution in [3.05, 3.63) is 47.3 Å². The number of ether oxygens (including phenoxy) is 2. The van der Waals surface area contributed by atoms with Crippen LogP contribution in [0.15, 0.2) is 35.2 Å². The third-order valence-corrected chi connectivity index (χ3v) is 6.44. The van der Waals surface area contributed by atoms with Crippen LogP contribution < -0.4 is 14.2 Å². The highest BCUT2D eigenvalue weighted by molar-refractivity contribution is 7.34. The van der Waals surface area contributed by atoms with Crippen molar-refractivity contribution < 1.29 is 33.9 Å². The number of piperidine rings is 1. The van der Waals surface area contributed by atoms with Crippen LogP contribution in [-0.2, 0) is 22.7 Å². The summed E-state index contributed by atoms with van der Waals surface area (Å²) in [6.45, 7) is 4.48.